The zero-order valence-electron chi connectivity index (χ0n) is 20.1. The molecule has 37 heavy (non-hydrogen) atoms. The molecule has 3 fully saturated rings. The molecule has 0 spiro atoms. The van der Waals surface area contributed by atoms with Gasteiger partial charge in [0, 0.05) is 30.8 Å². The molecule has 188 valence electrons. The van der Waals surface area contributed by atoms with Crippen molar-refractivity contribution >= 4 is 40.3 Å². The van der Waals surface area contributed by atoms with Crippen molar-refractivity contribution < 1.29 is 19.2 Å². The second-order valence-corrected chi connectivity index (χ2v) is 10.6. The Kier molecular flexibility index (Phi) is 4.92. The van der Waals surface area contributed by atoms with E-state index in [-0.39, 0.29) is 29.9 Å². The molecule has 10 nitrogen and oxygen atoms in total. The van der Waals surface area contributed by atoms with Gasteiger partial charge in [0.1, 0.15) is 11.6 Å². The van der Waals surface area contributed by atoms with Crippen molar-refractivity contribution in [3.05, 3.63) is 53.3 Å². The molecule has 2 aromatic heterocycles. The number of carbonyl (C=O) groups is 4. The fourth-order valence-electron chi connectivity index (χ4n) is 5.82. The molecule has 1 aromatic carbocycles. The first kappa shape index (κ1) is 22.1. The fourth-order valence-corrected chi connectivity index (χ4v) is 5.82. The summed E-state index contributed by atoms with van der Waals surface area (Å²) in [5.41, 5.74) is 4.63. The number of aromatic nitrogens is 3. The van der Waals surface area contributed by atoms with Crippen molar-refractivity contribution in [2.75, 3.05) is 11.9 Å². The van der Waals surface area contributed by atoms with Crippen molar-refractivity contribution in [2.24, 2.45) is 5.92 Å². The van der Waals surface area contributed by atoms with E-state index in [0.29, 0.717) is 17.9 Å². The molecule has 1 unspecified atom stereocenters. The van der Waals surface area contributed by atoms with E-state index in [1.54, 1.807) is 18.2 Å². The zero-order chi connectivity index (χ0) is 25.3. The van der Waals surface area contributed by atoms with E-state index in [2.05, 4.69) is 26.4 Å². The van der Waals surface area contributed by atoms with Gasteiger partial charge in [0.05, 0.1) is 28.4 Å². The Labute approximate surface area is 212 Å². The van der Waals surface area contributed by atoms with Crippen LogP contribution in [-0.4, -0.2) is 55.9 Å². The molecular formula is C27H26N6O4. The minimum atomic E-state index is -0.956. The number of nitrogens with one attached hydrogen (secondary N) is 2. The highest BCUT2D eigenvalue weighted by atomic mass is 16.2. The van der Waals surface area contributed by atoms with Crippen LogP contribution in [0.2, 0.25) is 0 Å². The number of piperidine rings is 1. The monoisotopic (exact) mass is 498 g/mol. The van der Waals surface area contributed by atoms with Crippen LogP contribution >= 0.6 is 0 Å². The molecule has 0 bridgehead atoms. The Morgan fingerprint density at radius 3 is 2.59 bits per heavy atom. The Bertz CT molecular complexity index is 1490. The number of benzene rings is 1. The summed E-state index contributed by atoms with van der Waals surface area (Å²) in [6.45, 7) is 0.751. The summed E-state index contributed by atoms with van der Waals surface area (Å²) in [4.78, 5) is 55.2. The molecule has 4 heterocycles. The van der Waals surface area contributed by atoms with Crippen LogP contribution in [0.3, 0.4) is 0 Å². The average molecular weight is 499 g/mol. The largest absolute Gasteiger partial charge is 0.385 e. The third kappa shape index (κ3) is 3.61. The summed E-state index contributed by atoms with van der Waals surface area (Å²) in [7, 11) is 0. The molecule has 7 rings (SSSR count). The maximum Gasteiger partial charge on any atom is 0.262 e. The number of hydrogen-bond acceptors (Lipinski definition) is 7. The highest BCUT2D eigenvalue weighted by Gasteiger charge is 2.44. The van der Waals surface area contributed by atoms with Gasteiger partial charge in [-0.2, -0.15) is 5.10 Å². The molecule has 4 aliphatic rings. The number of anilines is 1. The number of nitrogens with zero attached hydrogens (tertiary/aromatic N) is 4. The van der Waals surface area contributed by atoms with Crippen molar-refractivity contribution in [2.45, 2.75) is 56.5 Å². The molecule has 10 heteroatoms. The molecular weight excluding hydrogens is 472 g/mol. The van der Waals surface area contributed by atoms with Crippen LogP contribution in [0.5, 0.6) is 0 Å². The number of hydrogen-bond donors (Lipinski definition) is 2. The van der Waals surface area contributed by atoms with Crippen LogP contribution < -0.4 is 10.6 Å². The van der Waals surface area contributed by atoms with Crippen LogP contribution in [0.15, 0.2) is 36.5 Å². The van der Waals surface area contributed by atoms with E-state index in [9.17, 15) is 19.2 Å². The summed E-state index contributed by atoms with van der Waals surface area (Å²) in [5, 5.41) is 10.6. The van der Waals surface area contributed by atoms with E-state index in [1.165, 1.54) is 12.8 Å². The molecule has 2 aliphatic carbocycles. The second-order valence-electron chi connectivity index (χ2n) is 10.6. The van der Waals surface area contributed by atoms with E-state index in [4.69, 9.17) is 5.10 Å². The Hall–Kier alpha value is -4.08. The van der Waals surface area contributed by atoms with E-state index < -0.39 is 23.8 Å². The molecule has 0 radical (unpaired) electrons. The number of fused-ring (bicyclic) bond motifs is 2. The number of carbonyl (C=O) groups excluding carboxylic acids is 4. The topological polar surface area (TPSA) is 126 Å². The first-order valence-corrected chi connectivity index (χ1v) is 12.9. The number of imide groups is 2. The summed E-state index contributed by atoms with van der Waals surface area (Å²) >= 11 is 0. The van der Waals surface area contributed by atoms with Crippen molar-refractivity contribution in [1.82, 2.24) is 25.0 Å². The maximum atomic E-state index is 13.1. The molecule has 2 aliphatic heterocycles. The van der Waals surface area contributed by atoms with Crippen LogP contribution in [-0.2, 0) is 9.59 Å². The lowest BCUT2D eigenvalue weighted by Crippen LogP contribution is -2.54. The van der Waals surface area contributed by atoms with Crippen LogP contribution in [0.1, 0.15) is 76.9 Å². The number of pyridine rings is 1. The lowest BCUT2D eigenvalue weighted by molar-refractivity contribution is -0.136. The minimum Gasteiger partial charge on any atom is -0.385 e. The van der Waals surface area contributed by atoms with Gasteiger partial charge >= 0.3 is 0 Å². The third-order valence-electron chi connectivity index (χ3n) is 8.05. The van der Waals surface area contributed by atoms with Gasteiger partial charge in [0.2, 0.25) is 11.8 Å². The second kappa shape index (κ2) is 8.22. The number of rotatable bonds is 6. The minimum absolute atomic E-state index is 0.103. The molecule has 1 atom stereocenters. The lowest BCUT2D eigenvalue weighted by Gasteiger charge is -2.36. The number of amides is 4. The van der Waals surface area contributed by atoms with Crippen LogP contribution in [0.25, 0.3) is 11.0 Å². The van der Waals surface area contributed by atoms with Gasteiger partial charge in [-0.25, -0.2) is 0 Å². The first-order valence-electron chi connectivity index (χ1n) is 12.9. The van der Waals surface area contributed by atoms with Gasteiger partial charge in [-0.15, -0.1) is 0 Å². The van der Waals surface area contributed by atoms with Gasteiger partial charge in [0.15, 0.2) is 0 Å². The summed E-state index contributed by atoms with van der Waals surface area (Å²) < 4.78 is 2.16. The summed E-state index contributed by atoms with van der Waals surface area (Å²) in [5.74, 6) is -0.953. The fraction of sp³-hybridized carbons (Fsp3) is 0.407. The smallest absolute Gasteiger partial charge is 0.262 e. The summed E-state index contributed by atoms with van der Waals surface area (Å²) in [6.07, 6.45) is 6.50. The van der Waals surface area contributed by atoms with E-state index >= 15 is 0 Å². The standard InChI is InChI=1S/C27H26N6O4/c34-22-8-7-21(25(35)30-22)32-26(36)18-6-5-16(12-19(18)27(32)37)29-13-14-10-17(11-14)33-20-2-1-9-28-24(20)23(31-33)15-3-4-15/h1-2,5-6,9,12,14-15,17,21,29H,3-4,7-8,10-11,13H2,(H,30,34,35). The van der Waals surface area contributed by atoms with Gasteiger partial charge in [-0.1, -0.05) is 0 Å². The Morgan fingerprint density at radius 1 is 1.00 bits per heavy atom. The molecule has 4 amide bonds. The van der Waals surface area contributed by atoms with Gasteiger partial charge in [-0.05, 0) is 68.4 Å². The highest BCUT2D eigenvalue weighted by molar-refractivity contribution is 6.23. The Balaban J connectivity index is 1.01. The molecule has 3 aromatic rings. The van der Waals surface area contributed by atoms with Crippen LogP contribution in [0, 0.1) is 5.92 Å². The molecule has 1 saturated heterocycles. The predicted octanol–water partition coefficient (Wildman–Crippen LogP) is 2.77. The normalized spacial score (nSPS) is 25.3. The van der Waals surface area contributed by atoms with Crippen molar-refractivity contribution in [3.8, 4) is 0 Å². The molecule has 2 N–H and O–H groups in total. The van der Waals surface area contributed by atoms with E-state index in [0.717, 1.165) is 46.7 Å². The van der Waals surface area contributed by atoms with Crippen molar-refractivity contribution in [1.29, 1.82) is 0 Å². The van der Waals surface area contributed by atoms with Gasteiger partial charge in [-0.3, -0.25) is 39.1 Å². The van der Waals surface area contributed by atoms with Crippen LogP contribution in [0.4, 0.5) is 5.69 Å². The predicted molar refractivity (Wildman–Crippen MR) is 133 cm³/mol. The average Bonchev–Trinajstić information content (AvgIpc) is 3.60. The van der Waals surface area contributed by atoms with E-state index in [1.807, 2.05) is 12.3 Å². The SMILES string of the molecule is O=C1CCC(N2C(=O)c3ccc(NCC4CC(n5nc(C6CC6)c6ncccc65)C4)cc3C2=O)C(=O)N1. The first-order chi connectivity index (χ1) is 18.0. The molecule has 2 saturated carbocycles. The van der Waals surface area contributed by atoms with Crippen molar-refractivity contribution in [3.63, 3.8) is 0 Å². The van der Waals surface area contributed by atoms with Gasteiger partial charge in [0.25, 0.3) is 11.8 Å². The maximum absolute atomic E-state index is 13.1. The summed E-state index contributed by atoms with van der Waals surface area (Å²) in [6, 6.07) is 8.59. The lowest BCUT2D eigenvalue weighted by atomic mass is 9.80. The highest BCUT2D eigenvalue weighted by Crippen LogP contribution is 2.45. The third-order valence-corrected chi connectivity index (χ3v) is 8.05. The van der Waals surface area contributed by atoms with Gasteiger partial charge < -0.3 is 5.32 Å². The zero-order valence-corrected chi connectivity index (χ0v) is 20.1. The Morgan fingerprint density at radius 2 is 1.81 bits per heavy atom. The quantitative estimate of drug-likeness (QED) is 0.501.